The van der Waals surface area contributed by atoms with Crippen LogP contribution < -0.4 is 14.5 Å². The number of amides is 1. The Kier molecular flexibility index (Phi) is 3.74. The number of hydrogen-bond acceptors (Lipinski definition) is 5. The molecule has 1 amide bonds. The highest BCUT2D eigenvalue weighted by molar-refractivity contribution is 6.01. The van der Waals surface area contributed by atoms with Crippen molar-refractivity contribution in [2.45, 2.75) is 24.4 Å². The fourth-order valence-corrected chi connectivity index (χ4v) is 4.43. The van der Waals surface area contributed by atoms with Crippen molar-refractivity contribution in [3.05, 3.63) is 53.6 Å². The molecule has 0 saturated heterocycles. The van der Waals surface area contributed by atoms with Gasteiger partial charge >= 0.3 is 0 Å². The van der Waals surface area contributed by atoms with E-state index in [0.717, 1.165) is 24.2 Å². The molecule has 6 nitrogen and oxygen atoms in total. The largest absolute Gasteiger partial charge is 0.476 e. The number of aliphatic hydroxyl groups excluding tert-OH is 1. The quantitative estimate of drug-likeness (QED) is 0.829. The number of para-hydroxylation sites is 1. The third kappa shape index (κ3) is 2.52. The average molecular weight is 378 g/mol. The number of ketones is 1. The number of anilines is 2. The van der Waals surface area contributed by atoms with Gasteiger partial charge in [0.25, 0.3) is 5.91 Å². The molecule has 2 aliphatic heterocycles. The summed E-state index contributed by atoms with van der Waals surface area (Å²) in [5, 5.41) is 9.11. The molecule has 0 bridgehead atoms. The zero-order valence-electron chi connectivity index (χ0n) is 15.7. The highest BCUT2D eigenvalue weighted by atomic mass is 16.5. The fourth-order valence-electron chi connectivity index (χ4n) is 4.43. The van der Waals surface area contributed by atoms with Gasteiger partial charge in [-0.15, -0.1) is 0 Å². The maximum Gasteiger partial charge on any atom is 0.269 e. The number of carbonyl (C=O) groups excluding carboxylic acids is 2. The Balaban J connectivity index is 1.44. The van der Waals surface area contributed by atoms with Gasteiger partial charge in [-0.2, -0.15) is 0 Å². The highest BCUT2D eigenvalue weighted by Gasteiger charge is 2.53. The number of carbonyl (C=O) groups is 2. The molecular formula is C22H22N2O4. The first-order valence-electron chi connectivity index (χ1n) is 9.59. The number of Topliss-reactive ketones (excluding diaryl/α,β-unsaturated/α-hetero) is 1. The van der Waals surface area contributed by atoms with Crippen LogP contribution in [-0.4, -0.2) is 49.6 Å². The van der Waals surface area contributed by atoms with Crippen LogP contribution in [0.3, 0.4) is 0 Å². The van der Waals surface area contributed by atoms with Crippen LogP contribution in [0.25, 0.3) is 0 Å². The number of aliphatic hydroxyl groups is 1. The van der Waals surface area contributed by atoms with E-state index in [0.29, 0.717) is 24.4 Å². The molecule has 1 N–H and O–H groups in total. The van der Waals surface area contributed by atoms with Crippen LogP contribution in [0.4, 0.5) is 11.4 Å². The Bertz CT molecular complexity index is 982. The first kappa shape index (κ1) is 17.3. The van der Waals surface area contributed by atoms with Gasteiger partial charge in [-0.05, 0) is 42.7 Å². The fraction of sp³-hybridized carbons (Fsp3) is 0.364. The summed E-state index contributed by atoms with van der Waals surface area (Å²) in [6.07, 6.45) is 1.60. The zero-order valence-corrected chi connectivity index (χ0v) is 15.7. The third-order valence-electron chi connectivity index (χ3n) is 6.17. The van der Waals surface area contributed by atoms with Gasteiger partial charge in [0.15, 0.2) is 11.9 Å². The smallest absolute Gasteiger partial charge is 0.269 e. The zero-order chi connectivity index (χ0) is 19.5. The van der Waals surface area contributed by atoms with Crippen molar-refractivity contribution in [3.63, 3.8) is 0 Å². The molecule has 6 heteroatoms. The number of rotatable bonds is 3. The Hall–Kier alpha value is -2.86. The van der Waals surface area contributed by atoms with Crippen molar-refractivity contribution in [3.8, 4) is 5.75 Å². The van der Waals surface area contributed by atoms with Crippen molar-refractivity contribution in [1.82, 2.24) is 0 Å². The summed E-state index contributed by atoms with van der Waals surface area (Å²) in [6.45, 7) is 0.610. The first-order valence-corrected chi connectivity index (χ1v) is 9.59. The average Bonchev–Trinajstić information content (AvgIpc) is 3.43. The van der Waals surface area contributed by atoms with Crippen LogP contribution in [0.2, 0.25) is 0 Å². The summed E-state index contributed by atoms with van der Waals surface area (Å²) in [5.41, 5.74) is 3.60. The van der Waals surface area contributed by atoms with E-state index < -0.39 is 12.7 Å². The number of ether oxygens (including phenoxy) is 1. The van der Waals surface area contributed by atoms with E-state index in [-0.39, 0.29) is 17.1 Å². The van der Waals surface area contributed by atoms with Gasteiger partial charge in [-0.25, -0.2) is 0 Å². The van der Waals surface area contributed by atoms with Crippen LogP contribution in [0.1, 0.15) is 28.8 Å². The van der Waals surface area contributed by atoms with Gasteiger partial charge in [0, 0.05) is 30.3 Å². The minimum Gasteiger partial charge on any atom is -0.476 e. The highest BCUT2D eigenvalue weighted by Crippen LogP contribution is 2.56. The van der Waals surface area contributed by atoms with E-state index in [1.165, 1.54) is 5.56 Å². The van der Waals surface area contributed by atoms with E-state index in [1.807, 2.05) is 35.0 Å². The van der Waals surface area contributed by atoms with Crippen molar-refractivity contribution in [2.24, 2.45) is 0 Å². The molecule has 2 aromatic carbocycles. The summed E-state index contributed by atoms with van der Waals surface area (Å²) in [7, 11) is 1.91. The SMILES string of the molecule is CN1CC(C(=O)N2CC3(CC3)c3ccccc32)Oc2cc(C(=O)CO)ccc21. The summed E-state index contributed by atoms with van der Waals surface area (Å²) < 4.78 is 6.05. The van der Waals surface area contributed by atoms with Crippen molar-refractivity contribution in [2.75, 3.05) is 36.5 Å². The lowest BCUT2D eigenvalue weighted by Gasteiger charge is -2.35. The molecule has 2 heterocycles. The number of fused-ring (bicyclic) bond motifs is 3. The minimum absolute atomic E-state index is 0.0485. The summed E-state index contributed by atoms with van der Waals surface area (Å²) >= 11 is 0. The first-order chi connectivity index (χ1) is 13.5. The maximum atomic E-state index is 13.4. The van der Waals surface area contributed by atoms with Crippen LogP contribution in [0.15, 0.2) is 42.5 Å². The van der Waals surface area contributed by atoms with Gasteiger partial charge < -0.3 is 19.6 Å². The Morgan fingerprint density at radius 3 is 2.71 bits per heavy atom. The predicted octanol–water partition coefficient (Wildman–Crippen LogP) is 2.14. The second-order valence-electron chi connectivity index (χ2n) is 7.97. The topological polar surface area (TPSA) is 70.1 Å². The van der Waals surface area contributed by atoms with Crippen molar-refractivity contribution >= 4 is 23.1 Å². The standard InChI is InChI=1S/C22H22N2O4/c1-23-11-20(28-19-10-14(18(26)12-25)6-7-17(19)23)21(27)24-13-22(8-9-22)15-4-2-3-5-16(15)24/h2-7,10,20,25H,8-9,11-13H2,1H3. The minimum atomic E-state index is -0.640. The lowest BCUT2D eigenvalue weighted by Crippen LogP contribution is -2.49. The summed E-state index contributed by atoms with van der Waals surface area (Å²) in [6, 6.07) is 13.2. The molecule has 1 spiro atoms. The van der Waals surface area contributed by atoms with Gasteiger partial charge in [0.1, 0.15) is 12.4 Å². The van der Waals surface area contributed by atoms with Crippen molar-refractivity contribution < 1.29 is 19.4 Å². The Labute approximate surface area is 163 Å². The number of nitrogens with zero attached hydrogens (tertiary/aromatic N) is 2. The van der Waals surface area contributed by atoms with Crippen LogP contribution in [-0.2, 0) is 10.2 Å². The summed E-state index contributed by atoms with van der Waals surface area (Å²) in [4.78, 5) is 29.0. The van der Waals surface area contributed by atoms with Crippen LogP contribution >= 0.6 is 0 Å². The predicted molar refractivity (Wildman–Crippen MR) is 105 cm³/mol. The van der Waals surface area contributed by atoms with E-state index in [4.69, 9.17) is 9.84 Å². The third-order valence-corrected chi connectivity index (χ3v) is 6.17. The van der Waals surface area contributed by atoms with Gasteiger partial charge in [-0.1, -0.05) is 18.2 Å². The number of likely N-dealkylation sites (N-methyl/N-ethyl adjacent to an activating group) is 1. The van der Waals surface area contributed by atoms with Crippen LogP contribution in [0.5, 0.6) is 5.75 Å². The molecule has 1 saturated carbocycles. The molecule has 144 valence electrons. The second-order valence-corrected chi connectivity index (χ2v) is 7.97. The van der Waals surface area contributed by atoms with Crippen LogP contribution in [0, 0.1) is 0 Å². The van der Waals surface area contributed by atoms with Crippen molar-refractivity contribution in [1.29, 1.82) is 0 Å². The lowest BCUT2D eigenvalue weighted by molar-refractivity contribution is -0.125. The van der Waals surface area contributed by atoms with Gasteiger partial charge in [-0.3, -0.25) is 9.59 Å². The van der Waals surface area contributed by atoms with E-state index >= 15 is 0 Å². The number of benzene rings is 2. The number of hydrogen-bond donors (Lipinski definition) is 1. The molecule has 2 aromatic rings. The van der Waals surface area contributed by atoms with Gasteiger partial charge in [0.05, 0.1) is 12.2 Å². The molecule has 3 aliphatic rings. The van der Waals surface area contributed by atoms with Gasteiger partial charge in [0.2, 0.25) is 0 Å². The molecule has 1 atom stereocenters. The molecule has 0 aromatic heterocycles. The molecule has 1 fully saturated rings. The summed E-state index contributed by atoms with van der Waals surface area (Å²) in [5.74, 6) is 0.0827. The Morgan fingerprint density at radius 1 is 1.18 bits per heavy atom. The molecule has 1 unspecified atom stereocenters. The van der Waals surface area contributed by atoms with E-state index in [2.05, 4.69) is 6.07 Å². The molecule has 0 radical (unpaired) electrons. The maximum absolute atomic E-state index is 13.4. The van der Waals surface area contributed by atoms with E-state index in [1.54, 1.807) is 18.2 Å². The second kappa shape index (κ2) is 6.07. The lowest BCUT2D eigenvalue weighted by atomic mass is 9.99. The molecule has 1 aliphatic carbocycles. The molecule has 28 heavy (non-hydrogen) atoms. The Morgan fingerprint density at radius 2 is 1.96 bits per heavy atom. The normalized spacial score (nSPS) is 21.1. The molecule has 5 rings (SSSR count). The van der Waals surface area contributed by atoms with E-state index in [9.17, 15) is 9.59 Å². The molecular weight excluding hydrogens is 356 g/mol. The monoisotopic (exact) mass is 378 g/mol.